The molecule has 0 saturated carbocycles. The fraction of sp³-hybridized carbons (Fsp3) is 1.00. The van der Waals surface area contributed by atoms with Gasteiger partial charge in [-0.1, -0.05) is 6.92 Å². The van der Waals surface area contributed by atoms with E-state index in [4.69, 9.17) is 9.78 Å². The highest BCUT2D eigenvalue weighted by Gasteiger charge is 2.13. The summed E-state index contributed by atoms with van der Waals surface area (Å²) in [5.74, 6) is 0.865. The largest absolute Gasteiger partial charge is 0.236 e. The zero-order chi connectivity index (χ0) is 11.7. The summed E-state index contributed by atoms with van der Waals surface area (Å²) in [6.45, 7) is 3.35. The molecule has 0 rings (SSSR count). The Bertz CT molecular complexity index is 243. The minimum absolute atomic E-state index is 0.259. The lowest BCUT2D eigenvalue weighted by Gasteiger charge is -2.16. The van der Waals surface area contributed by atoms with Crippen LogP contribution in [0, 0.1) is 0 Å². The van der Waals surface area contributed by atoms with E-state index < -0.39 is 10.0 Å². The van der Waals surface area contributed by atoms with Crippen molar-refractivity contribution >= 4 is 21.8 Å². The first kappa shape index (κ1) is 15.2. The van der Waals surface area contributed by atoms with Crippen LogP contribution in [0.1, 0.15) is 6.92 Å². The molecule has 0 aliphatic carbocycles. The Balaban J connectivity index is 3.57. The average molecular weight is 257 g/mol. The summed E-state index contributed by atoms with van der Waals surface area (Å²) in [7, 11) is -3.12. The number of likely N-dealkylation sites (N-methyl/N-ethyl adjacent to an activating group) is 1. The summed E-state index contributed by atoms with van der Waals surface area (Å²) in [6, 6.07) is 0. The van der Waals surface area contributed by atoms with Gasteiger partial charge in [0.15, 0.2) is 0 Å². The van der Waals surface area contributed by atoms with E-state index in [1.54, 1.807) is 18.7 Å². The highest BCUT2D eigenvalue weighted by molar-refractivity contribution is 7.98. The molecule has 0 aliphatic heterocycles. The molecule has 7 heteroatoms. The van der Waals surface area contributed by atoms with Gasteiger partial charge in [-0.3, -0.25) is 0 Å². The van der Waals surface area contributed by atoms with Gasteiger partial charge in [-0.2, -0.15) is 11.8 Å². The van der Waals surface area contributed by atoms with Gasteiger partial charge >= 0.3 is 0 Å². The Morgan fingerprint density at radius 2 is 1.87 bits per heavy atom. The highest BCUT2D eigenvalue weighted by Crippen LogP contribution is 1.97. The molecule has 0 N–H and O–H groups in total. The molecule has 0 aromatic heterocycles. The van der Waals surface area contributed by atoms with Gasteiger partial charge in [0.1, 0.15) is 0 Å². The molecule has 0 fully saturated rings. The standard InChI is InChI=1S/C8H19NO4S2/c1-4-9(15(3,10)11)5-6-12-13-7-8-14-2/h4-8H2,1-3H3. The summed E-state index contributed by atoms with van der Waals surface area (Å²) in [5, 5.41) is 0. The number of hydrogen-bond acceptors (Lipinski definition) is 5. The summed E-state index contributed by atoms with van der Waals surface area (Å²) < 4.78 is 23.6. The number of thioether (sulfide) groups is 1. The minimum atomic E-state index is -3.12. The SMILES string of the molecule is CCN(CCOOCCSC)S(C)(=O)=O. The maximum Gasteiger partial charge on any atom is 0.211 e. The second kappa shape index (κ2) is 8.35. The molecule has 0 spiro atoms. The lowest BCUT2D eigenvalue weighted by Crippen LogP contribution is -2.32. The van der Waals surface area contributed by atoms with Crippen LogP contribution in [0.2, 0.25) is 0 Å². The maximum atomic E-state index is 11.2. The van der Waals surface area contributed by atoms with Gasteiger partial charge in [0, 0.05) is 18.8 Å². The van der Waals surface area contributed by atoms with Crippen molar-refractivity contribution in [3.63, 3.8) is 0 Å². The zero-order valence-corrected chi connectivity index (χ0v) is 11.1. The Morgan fingerprint density at radius 1 is 1.27 bits per heavy atom. The number of nitrogens with zero attached hydrogens (tertiary/aromatic N) is 1. The molecule has 5 nitrogen and oxygen atoms in total. The van der Waals surface area contributed by atoms with E-state index >= 15 is 0 Å². The van der Waals surface area contributed by atoms with Crippen LogP contribution in [-0.4, -0.2) is 57.3 Å². The predicted molar refractivity (Wildman–Crippen MR) is 62.4 cm³/mol. The van der Waals surface area contributed by atoms with Crippen molar-refractivity contribution in [1.82, 2.24) is 4.31 Å². The first-order chi connectivity index (χ1) is 7.02. The second-order valence-electron chi connectivity index (χ2n) is 2.89. The van der Waals surface area contributed by atoms with Crippen molar-refractivity contribution in [1.29, 1.82) is 0 Å². The van der Waals surface area contributed by atoms with E-state index in [2.05, 4.69) is 0 Å². The lowest BCUT2D eigenvalue weighted by molar-refractivity contribution is -0.290. The monoisotopic (exact) mass is 257 g/mol. The number of rotatable bonds is 9. The fourth-order valence-electron chi connectivity index (χ4n) is 0.933. The van der Waals surface area contributed by atoms with Gasteiger partial charge in [0.25, 0.3) is 0 Å². The summed E-state index contributed by atoms with van der Waals surface area (Å²) in [5.41, 5.74) is 0. The first-order valence-corrected chi connectivity index (χ1v) is 7.95. The molecule has 0 aromatic carbocycles. The van der Waals surface area contributed by atoms with Crippen LogP contribution < -0.4 is 0 Å². The summed E-state index contributed by atoms with van der Waals surface area (Å²) in [4.78, 5) is 9.68. The molecule has 15 heavy (non-hydrogen) atoms. The quantitative estimate of drug-likeness (QED) is 0.343. The topological polar surface area (TPSA) is 55.8 Å². The van der Waals surface area contributed by atoms with Crippen molar-refractivity contribution in [3.8, 4) is 0 Å². The smallest absolute Gasteiger partial charge is 0.211 e. The van der Waals surface area contributed by atoms with Crippen molar-refractivity contribution < 1.29 is 18.2 Å². The van der Waals surface area contributed by atoms with Crippen molar-refractivity contribution in [2.45, 2.75) is 6.92 Å². The molecule has 0 saturated heterocycles. The third-order valence-electron chi connectivity index (χ3n) is 1.70. The lowest BCUT2D eigenvalue weighted by atomic mass is 10.6. The molecule has 0 amide bonds. The van der Waals surface area contributed by atoms with Crippen LogP contribution in [0.5, 0.6) is 0 Å². The van der Waals surface area contributed by atoms with E-state index in [9.17, 15) is 8.42 Å². The molecular formula is C8H19NO4S2. The van der Waals surface area contributed by atoms with Gasteiger partial charge in [-0.15, -0.1) is 0 Å². The van der Waals surface area contributed by atoms with Crippen LogP contribution in [0.25, 0.3) is 0 Å². The number of sulfonamides is 1. The maximum absolute atomic E-state index is 11.2. The second-order valence-corrected chi connectivity index (χ2v) is 5.86. The fourth-order valence-corrected chi connectivity index (χ4v) is 2.04. The van der Waals surface area contributed by atoms with Gasteiger partial charge in [-0.05, 0) is 6.26 Å². The molecule has 92 valence electrons. The highest BCUT2D eigenvalue weighted by atomic mass is 32.2. The van der Waals surface area contributed by atoms with Gasteiger partial charge in [0.05, 0.1) is 19.5 Å². The van der Waals surface area contributed by atoms with Crippen molar-refractivity contribution in [2.75, 3.05) is 44.6 Å². The van der Waals surface area contributed by atoms with Gasteiger partial charge in [-0.25, -0.2) is 22.5 Å². The van der Waals surface area contributed by atoms with Crippen molar-refractivity contribution in [3.05, 3.63) is 0 Å². The molecule has 0 aliphatic rings. The van der Waals surface area contributed by atoms with Crippen LogP contribution in [0.15, 0.2) is 0 Å². The first-order valence-electron chi connectivity index (χ1n) is 4.70. The predicted octanol–water partition coefficient (Wildman–Crippen LogP) is 0.579. The molecular weight excluding hydrogens is 238 g/mol. The van der Waals surface area contributed by atoms with Crippen molar-refractivity contribution in [2.24, 2.45) is 0 Å². The molecule has 0 heterocycles. The normalized spacial score (nSPS) is 12.3. The third-order valence-corrected chi connectivity index (χ3v) is 3.65. The summed E-state index contributed by atoms with van der Waals surface area (Å²) >= 11 is 1.66. The minimum Gasteiger partial charge on any atom is -0.236 e. The van der Waals surface area contributed by atoms with Gasteiger partial charge in [0.2, 0.25) is 10.0 Å². The van der Waals surface area contributed by atoms with E-state index in [-0.39, 0.29) is 6.61 Å². The molecule has 0 aromatic rings. The molecule has 0 unspecified atom stereocenters. The zero-order valence-electron chi connectivity index (χ0n) is 9.43. The van der Waals surface area contributed by atoms with Crippen LogP contribution in [0.3, 0.4) is 0 Å². The Labute approximate surface area is 96.1 Å². The number of hydrogen-bond donors (Lipinski definition) is 0. The van der Waals surface area contributed by atoms with Gasteiger partial charge < -0.3 is 0 Å². The van der Waals surface area contributed by atoms with E-state index in [0.29, 0.717) is 19.7 Å². The van der Waals surface area contributed by atoms with E-state index in [0.717, 1.165) is 5.75 Å². The Hall–Kier alpha value is 0.180. The Kier molecular flexibility index (Phi) is 8.45. The van der Waals surface area contributed by atoms with Crippen LogP contribution >= 0.6 is 11.8 Å². The average Bonchev–Trinajstić information content (AvgIpc) is 2.15. The Morgan fingerprint density at radius 3 is 2.33 bits per heavy atom. The molecule has 0 bridgehead atoms. The van der Waals surface area contributed by atoms with Crippen LogP contribution in [0.4, 0.5) is 0 Å². The van der Waals surface area contributed by atoms with E-state index in [1.165, 1.54) is 10.6 Å². The summed E-state index contributed by atoms with van der Waals surface area (Å²) in [6.07, 6.45) is 3.16. The third kappa shape index (κ3) is 8.04. The molecule has 0 atom stereocenters. The molecule has 0 radical (unpaired) electrons. The van der Waals surface area contributed by atoms with Crippen LogP contribution in [-0.2, 0) is 19.8 Å². The van der Waals surface area contributed by atoms with E-state index in [1.807, 2.05) is 6.26 Å².